The van der Waals surface area contributed by atoms with Crippen molar-refractivity contribution in [3.63, 3.8) is 0 Å². The van der Waals surface area contributed by atoms with Crippen molar-refractivity contribution in [1.82, 2.24) is 49.0 Å². The molecule has 10 aliphatic rings. The van der Waals surface area contributed by atoms with E-state index >= 15 is 0 Å². The molecule has 2 N–H and O–H groups in total. The molecule has 0 amide bonds. The van der Waals surface area contributed by atoms with Crippen LogP contribution in [0.5, 0.6) is 0 Å². The molecule has 10 rings (SSSR count). The maximum atomic E-state index is 11.1. The summed E-state index contributed by atoms with van der Waals surface area (Å²) in [5.41, 5.74) is 2.55. The van der Waals surface area contributed by atoms with E-state index < -0.39 is 27.2 Å². The highest BCUT2D eigenvalue weighted by Crippen LogP contribution is 2.36. The summed E-state index contributed by atoms with van der Waals surface area (Å²) in [6, 6.07) is 0.757. The number of aliphatic carboxylic acids is 2. The van der Waals surface area contributed by atoms with Crippen LogP contribution in [0.15, 0.2) is 0 Å². The fourth-order valence-corrected chi connectivity index (χ4v) is 17.0. The lowest BCUT2D eigenvalue weighted by molar-refractivity contribution is -0.191. The Morgan fingerprint density at radius 2 is 0.722 bits per heavy atom. The van der Waals surface area contributed by atoms with Gasteiger partial charge in [-0.3, -0.25) is 53.7 Å². The first kappa shape index (κ1) is 113. The fourth-order valence-electron chi connectivity index (χ4n) is 16.1. The second-order valence-electron chi connectivity index (χ2n) is 46.7. The number of morpholine rings is 1. The molecule has 0 spiro atoms. The van der Waals surface area contributed by atoms with Gasteiger partial charge in [0.25, 0.3) is 0 Å². The molecule has 10 saturated heterocycles. The van der Waals surface area contributed by atoms with Gasteiger partial charge in [-0.05, 0) is 399 Å². The molecule has 684 valence electrons. The van der Waals surface area contributed by atoms with Crippen LogP contribution in [0.4, 0.5) is 0 Å². The lowest BCUT2D eigenvalue weighted by Gasteiger charge is -2.46. The molecular formula is C95H194N10O9S. The van der Waals surface area contributed by atoms with Crippen molar-refractivity contribution in [2.45, 2.75) is 413 Å². The smallest absolute Gasteiger partial charge is 0.373 e. The molecule has 5 atom stereocenters. The summed E-state index contributed by atoms with van der Waals surface area (Å²) in [5, 5.41) is 17.7. The van der Waals surface area contributed by atoms with Crippen molar-refractivity contribution >= 4 is 27.9 Å². The van der Waals surface area contributed by atoms with E-state index in [-0.39, 0.29) is 33.9 Å². The van der Waals surface area contributed by atoms with Gasteiger partial charge < -0.3 is 19.8 Å². The minimum Gasteiger partial charge on any atom is -0.481 e. The first-order valence-corrected chi connectivity index (χ1v) is 47.6. The Morgan fingerprint density at radius 3 is 1.01 bits per heavy atom. The second-order valence-corrected chi connectivity index (χ2v) is 49.0. The van der Waals surface area contributed by atoms with Crippen LogP contribution >= 0.6 is 0 Å². The van der Waals surface area contributed by atoms with Crippen LogP contribution in [0, 0.1) is 40.4 Å². The normalized spacial score (nSPS) is 25.8. The number of carbonyl (C=O) groups is 2. The average molecular weight is 1650 g/mol. The largest absolute Gasteiger partial charge is 0.481 e. The third-order valence-electron chi connectivity index (χ3n) is 25.4. The lowest BCUT2D eigenvalue weighted by Crippen LogP contribution is -2.61. The Hall–Kier alpha value is -2.17. The first-order valence-electron chi connectivity index (χ1n) is 45.7. The van der Waals surface area contributed by atoms with E-state index in [2.05, 4.69) is 298 Å². The highest BCUT2D eigenvalue weighted by atomic mass is 32.2. The van der Waals surface area contributed by atoms with Crippen LogP contribution in [-0.4, -0.2) is 297 Å². The standard InChI is InChI=1S/C11H23N.C10H19NO2.2C10H21N.C9H17NO2.C9H19NO.3C9H19N.C8H17NO2S.CO2/c1-10(2,3)12-8-6-7-11(4,5)9-12;1-9(2,3)11-6-5-10(4,7-11)8(12)13;1-9-5-7-11(8-6-9)10(2,3)4;1-9-6-5-7-11(8-9)10(2,3)4;1-9(2,3)10-5-4-7(6-10)8(11)12;1-8-7-10(5-6-11-8)9(2,3)4;1-8-5-6-10(7-8)9(2,3)4;1-8(2)10-6-4-9(3)5-7-10;1-9(2,3)10-7-5-4-6-8-10;1-8(2,3)9-5-7(6-9)12(4,10)11;2-1-3/h6-9H2,1-5H3;5-7H2,1-4H3,(H,12,13);2*9H,5-8H2,1-4H3;7H,4-6H2,1-3H3,(H,11,12);8H,5-7H2,1-4H3;8H,5-7H2,1-4H3;8-9H,4-7H2,1-3H3;4-8H2,1-3H3;7H,5-6H2,1-4H3;. The predicted molar refractivity (Wildman–Crippen MR) is 490 cm³/mol. The zero-order chi connectivity index (χ0) is 89.7. The number of hydrogen-bond acceptors (Lipinski definition) is 17. The zero-order valence-corrected chi connectivity index (χ0v) is 83.8. The predicted octanol–water partition coefficient (Wildman–Crippen LogP) is 18.7. The van der Waals surface area contributed by atoms with E-state index in [1.807, 2.05) is 6.92 Å². The van der Waals surface area contributed by atoms with Gasteiger partial charge in [0, 0.05) is 121 Å². The highest BCUT2D eigenvalue weighted by Gasteiger charge is 2.44. The van der Waals surface area contributed by atoms with E-state index in [9.17, 15) is 18.0 Å². The highest BCUT2D eigenvalue weighted by molar-refractivity contribution is 7.91. The van der Waals surface area contributed by atoms with Gasteiger partial charge in [-0.1, -0.05) is 48.0 Å². The minimum atomic E-state index is -2.80. The number of hydrogen-bond donors (Lipinski definition) is 2. The maximum absolute atomic E-state index is 11.1. The van der Waals surface area contributed by atoms with Crippen LogP contribution < -0.4 is 0 Å². The Kier molecular flexibility index (Phi) is 48.4. The fraction of sp³-hybridized carbons (Fsp3) is 0.968. The van der Waals surface area contributed by atoms with E-state index in [1.54, 1.807) is 0 Å². The second kappa shape index (κ2) is 49.4. The van der Waals surface area contributed by atoms with Crippen molar-refractivity contribution < 1.29 is 42.5 Å². The average Bonchev–Trinajstić information content (AvgIpc) is 1.21. The molecule has 0 aromatic rings. The third kappa shape index (κ3) is 47.3. The Morgan fingerprint density at radius 1 is 0.383 bits per heavy atom. The number of sulfone groups is 1. The molecule has 0 aromatic carbocycles. The third-order valence-corrected chi connectivity index (χ3v) is 26.9. The number of carboxylic acids is 2. The molecule has 115 heavy (non-hydrogen) atoms. The van der Waals surface area contributed by atoms with E-state index in [4.69, 9.17) is 24.5 Å². The molecule has 0 radical (unpaired) electrons. The summed E-state index contributed by atoms with van der Waals surface area (Å²) in [4.78, 5) is 62.5. The number of carboxylic acid groups (broad SMARTS) is 2. The van der Waals surface area contributed by atoms with E-state index in [0.29, 0.717) is 70.9 Å². The Balaban J connectivity index is 0.00000125. The van der Waals surface area contributed by atoms with Gasteiger partial charge in [0.15, 0.2) is 9.84 Å². The molecule has 5 unspecified atom stereocenters. The Bertz CT molecular complexity index is 2750. The number of piperidine rings is 5. The van der Waals surface area contributed by atoms with Crippen LogP contribution in [0.3, 0.4) is 0 Å². The summed E-state index contributed by atoms with van der Waals surface area (Å²) >= 11 is 0. The quantitative estimate of drug-likeness (QED) is 0.271. The molecule has 0 aliphatic carbocycles. The Labute approximate surface area is 713 Å². The van der Waals surface area contributed by atoms with Gasteiger partial charge in [0.05, 0.1) is 29.3 Å². The molecule has 10 heterocycles. The van der Waals surface area contributed by atoms with Crippen LogP contribution in [0.1, 0.15) is 346 Å². The SMILES string of the molecule is CC(C)(C)N1CC(S(C)(=O)=O)C1.CC(C)(C)N1CCC(C(=O)O)C1.CC(C)(C)N1CCCCC1.CC1(C(=O)O)CCN(C(C)(C)C)C1.CC1(C)CCCN(C(C)(C)C)C1.CC1CCCN(C(C)(C)C)C1.CC1CCN(C(C)(C)C)C1.CC1CCN(C(C)(C)C)CC1.CC1CCN(C(C)C)CC1.CC1CN(C(C)(C)C)CCO1.O=C=O. The molecule has 0 saturated carbocycles. The minimum absolute atomic E-state index is 0.0905. The van der Waals surface area contributed by atoms with Crippen LogP contribution in [0.25, 0.3) is 0 Å². The summed E-state index contributed by atoms with van der Waals surface area (Å²) in [6.45, 7) is 106. The zero-order valence-electron chi connectivity index (χ0n) is 83.0. The maximum Gasteiger partial charge on any atom is 0.373 e. The molecule has 19 nitrogen and oxygen atoms in total. The van der Waals surface area contributed by atoms with Gasteiger partial charge in [0.1, 0.15) is 0 Å². The number of likely N-dealkylation sites (tertiary alicyclic amines) is 9. The van der Waals surface area contributed by atoms with E-state index in [0.717, 1.165) is 75.3 Å². The molecule has 20 heteroatoms. The lowest BCUT2D eigenvalue weighted by atomic mass is 9.82. The number of rotatable bonds is 4. The summed E-state index contributed by atoms with van der Waals surface area (Å²) in [5.74, 6) is 2.27. The van der Waals surface area contributed by atoms with Crippen LogP contribution in [-0.2, 0) is 33.8 Å². The number of nitrogens with zero attached hydrogens (tertiary/aromatic N) is 10. The van der Waals surface area contributed by atoms with Crippen molar-refractivity contribution in [2.75, 3.05) is 144 Å². The van der Waals surface area contributed by atoms with Crippen molar-refractivity contribution in [3.05, 3.63) is 0 Å². The van der Waals surface area contributed by atoms with Gasteiger partial charge >= 0.3 is 18.1 Å². The number of ether oxygens (including phenoxy) is 1. The van der Waals surface area contributed by atoms with Crippen molar-refractivity contribution in [3.8, 4) is 0 Å². The molecule has 0 bridgehead atoms. The summed E-state index contributed by atoms with van der Waals surface area (Å²) < 4.78 is 27.6. The van der Waals surface area contributed by atoms with Gasteiger partial charge in [0.2, 0.25) is 0 Å². The molecule has 10 fully saturated rings. The summed E-state index contributed by atoms with van der Waals surface area (Å²) in [6.07, 6.45) is 20.3. The van der Waals surface area contributed by atoms with Crippen molar-refractivity contribution in [2.24, 2.45) is 40.4 Å². The molecule has 10 aliphatic heterocycles. The van der Waals surface area contributed by atoms with Gasteiger partial charge in [-0.2, -0.15) is 9.59 Å². The topological polar surface area (TPSA) is 185 Å². The molecule has 0 aromatic heterocycles. The summed E-state index contributed by atoms with van der Waals surface area (Å²) in [7, 11) is -2.80. The van der Waals surface area contributed by atoms with Gasteiger partial charge in [-0.25, -0.2) is 8.42 Å². The molecular weight excluding hydrogens is 1460 g/mol. The van der Waals surface area contributed by atoms with E-state index in [1.165, 1.54) is 162 Å². The monoisotopic (exact) mass is 1650 g/mol. The first-order chi connectivity index (χ1) is 51.9. The number of carbonyl (C=O) groups excluding carboxylic acids is 2. The van der Waals surface area contributed by atoms with Crippen LogP contribution in [0.2, 0.25) is 0 Å². The van der Waals surface area contributed by atoms with Gasteiger partial charge in [-0.15, -0.1) is 0 Å². The van der Waals surface area contributed by atoms with Crippen molar-refractivity contribution in [1.29, 1.82) is 0 Å².